The van der Waals surface area contributed by atoms with E-state index in [2.05, 4.69) is 25.0 Å². The summed E-state index contributed by atoms with van der Waals surface area (Å²) in [4.78, 5) is 15.2. The third-order valence-electron chi connectivity index (χ3n) is 3.56. The number of aromatic nitrogens is 5. The molecule has 19 heavy (non-hydrogen) atoms. The Balaban J connectivity index is 1.64. The van der Waals surface area contributed by atoms with Crippen molar-refractivity contribution in [2.45, 2.75) is 38.9 Å². The molecule has 6 nitrogen and oxygen atoms in total. The maximum absolute atomic E-state index is 4.43. The lowest BCUT2D eigenvalue weighted by Crippen LogP contribution is -2.33. The Hall–Kier alpha value is -1.82. The second-order valence-electron chi connectivity index (χ2n) is 5.03. The summed E-state index contributed by atoms with van der Waals surface area (Å²) in [5, 5.41) is 4.18. The van der Waals surface area contributed by atoms with Gasteiger partial charge in [0.2, 0.25) is 0 Å². The standard InChI is InChI=1S/C13H18N6/c1-11-5-16-12(6-15-11)7-18-4-2-3-13(18)8-19-10-14-9-17-19/h5-6,9-10,13H,2-4,7-8H2,1H3. The first kappa shape index (κ1) is 12.2. The molecule has 0 aromatic carbocycles. The third-order valence-corrected chi connectivity index (χ3v) is 3.56. The first-order chi connectivity index (χ1) is 9.31. The zero-order chi connectivity index (χ0) is 13.1. The monoisotopic (exact) mass is 258 g/mol. The van der Waals surface area contributed by atoms with Crippen molar-refractivity contribution >= 4 is 0 Å². The van der Waals surface area contributed by atoms with Gasteiger partial charge in [0.15, 0.2) is 0 Å². The number of nitrogens with zero attached hydrogens (tertiary/aromatic N) is 6. The van der Waals surface area contributed by atoms with Crippen LogP contribution in [-0.4, -0.2) is 42.2 Å². The minimum Gasteiger partial charge on any atom is -0.293 e. The van der Waals surface area contributed by atoms with Crippen molar-refractivity contribution in [2.24, 2.45) is 0 Å². The van der Waals surface area contributed by atoms with Crippen molar-refractivity contribution in [1.29, 1.82) is 0 Å². The van der Waals surface area contributed by atoms with Gasteiger partial charge in [-0.1, -0.05) is 0 Å². The molecular formula is C13H18N6. The van der Waals surface area contributed by atoms with E-state index in [0.29, 0.717) is 6.04 Å². The quantitative estimate of drug-likeness (QED) is 0.820. The van der Waals surface area contributed by atoms with E-state index in [9.17, 15) is 0 Å². The summed E-state index contributed by atoms with van der Waals surface area (Å²) in [5.41, 5.74) is 2.00. The van der Waals surface area contributed by atoms with Crippen LogP contribution >= 0.6 is 0 Å². The summed E-state index contributed by atoms with van der Waals surface area (Å²) >= 11 is 0. The molecule has 6 heteroatoms. The molecule has 1 atom stereocenters. The van der Waals surface area contributed by atoms with Gasteiger partial charge in [-0.2, -0.15) is 5.10 Å². The second-order valence-corrected chi connectivity index (χ2v) is 5.03. The first-order valence-electron chi connectivity index (χ1n) is 6.65. The molecule has 0 radical (unpaired) electrons. The van der Waals surface area contributed by atoms with Gasteiger partial charge in [0.05, 0.1) is 17.9 Å². The smallest absolute Gasteiger partial charge is 0.137 e. The molecule has 2 aromatic heterocycles. The van der Waals surface area contributed by atoms with E-state index in [4.69, 9.17) is 0 Å². The van der Waals surface area contributed by atoms with Crippen molar-refractivity contribution in [3.05, 3.63) is 36.4 Å². The van der Waals surface area contributed by atoms with Crippen LogP contribution in [0.5, 0.6) is 0 Å². The average Bonchev–Trinajstić information content (AvgIpc) is 3.06. The summed E-state index contributed by atoms with van der Waals surface area (Å²) in [6.45, 7) is 4.85. The van der Waals surface area contributed by atoms with Crippen molar-refractivity contribution in [3.8, 4) is 0 Å². The van der Waals surface area contributed by atoms with Gasteiger partial charge in [-0.05, 0) is 26.3 Å². The van der Waals surface area contributed by atoms with Gasteiger partial charge in [0.25, 0.3) is 0 Å². The predicted octanol–water partition coefficient (Wildman–Crippen LogP) is 1.04. The number of hydrogen-bond donors (Lipinski definition) is 0. The molecule has 0 spiro atoms. The minimum atomic E-state index is 0.518. The molecule has 0 bridgehead atoms. The van der Waals surface area contributed by atoms with E-state index in [1.807, 2.05) is 24.0 Å². The van der Waals surface area contributed by atoms with Crippen LogP contribution in [0.1, 0.15) is 24.2 Å². The molecule has 1 aliphatic heterocycles. The number of likely N-dealkylation sites (tertiary alicyclic amines) is 1. The molecule has 0 amide bonds. The number of hydrogen-bond acceptors (Lipinski definition) is 5. The van der Waals surface area contributed by atoms with E-state index in [1.54, 1.807) is 12.7 Å². The van der Waals surface area contributed by atoms with Crippen LogP contribution in [0.25, 0.3) is 0 Å². The van der Waals surface area contributed by atoms with Crippen LogP contribution < -0.4 is 0 Å². The lowest BCUT2D eigenvalue weighted by Gasteiger charge is -2.23. The average molecular weight is 258 g/mol. The van der Waals surface area contributed by atoms with Crippen LogP contribution in [0, 0.1) is 6.92 Å². The highest BCUT2D eigenvalue weighted by Crippen LogP contribution is 2.20. The fraction of sp³-hybridized carbons (Fsp3) is 0.538. The predicted molar refractivity (Wildman–Crippen MR) is 70.2 cm³/mol. The Morgan fingerprint density at radius 1 is 1.32 bits per heavy atom. The summed E-state index contributed by atoms with van der Waals surface area (Å²) in [7, 11) is 0. The molecule has 0 aliphatic carbocycles. The highest BCUT2D eigenvalue weighted by molar-refractivity contribution is 5.01. The Morgan fingerprint density at radius 3 is 3.00 bits per heavy atom. The zero-order valence-electron chi connectivity index (χ0n) is 11.1. The van der Waals surface area contributed by atoms with Gasteiger partial charge in [0, 0.05) is 25.0 Å². The van der Waals surface area contributed by atoms with E-state index in [-0.39, 0.29) is 0 Å². The van der Waals surface area contributed by atoms with Gasteiger partial charge in [-0.3, -0.25) is 19.5 Å². The fourth-order valence-corrected chi connectivity index (χ4v) is 2.56. The topological polar surface area (TPSA) is 59.7 Å². The van der Waals surface area contributed by atoms with Gasteiger partial charge in [-0.15, -0.1) is 0 Å². The normalized spacial score (nSPS) is 19.9. The lowest BCUT2D eigenvalue weighted by molar-refractivity contribution is 0.216. The highest BCUT2D eigenvalue weighted by atomic mass is 15.3. The number of aryl methyl sites for hydroxylation is 1. The van der Waals surface area contributed by atoms with Crippen molar-refractivity contribution in [3.63, 3.8) is 0 Å². The van der Waals surface area contributed by atoms with E-state index >= 15 is 0 Å². The van der Waals surface area contributed by atoms with Gasteiger partial charge in [-0.25, -0.2) is 4.98 Å². The highest BCUT2D eigenvalue weighted by Gasteiger charge is 2.25. The molecule has 3 heterocycles. The third kappa shape index (κ3) is 2.96. The molecule has 3 rings (SSSR count). The molecule has 1 saturated heterocycles. The second kappa shape index (κ2) is 5.44. The lowest BCUT2D eigenvalue weighted by atomic mass is 10.2. The zero-order valence-corrected chi connectivity index (χ0v) is 11.1. The van der Waals surface area contributed by atoms with Crippen LogP contribution in [-0.2, 0) is 13.1 Å². The van der Waals surface area contributed by atoms with Crippen molar-refractivity contribution in [1.82, 2.24) is 29.6 Å². The van der Waals surface area contributed by atoms with Crippen molar-refractivity contribution in [2.75, 3.05) is 6.54 Å². The maximum Gasteiger partial charge on any atom is 0.137 e. The molecule has 1 unspecified atom stereocenters. The van der Waals surface area contributed by atoms with Gasteiger partial charge < -0.3 is 0 Å². The molecule has 1 fully saturated rings. The molecule has 2 aromatic rings. The van der Waals surface area contributed by atoms with E-state index < -0.39 is 0 Å². The molecular weight excluding hydrogens is 240 g/mol. The summed E-state index contributed by atoms with van der Waals surface area (Å²) in [6.07, 6.45) is 9.52. The fourth-order valence-electron chi connectivity index (χ4n) is 2.56. The summed E-state index contributed by atoms with van der Waals surface area (Å²) in [5.74, 6) is 0. The Labute approximate surface area is 112 Å². The number of rotatable bonds is 4. The SMILES string of the molecule is Cc1cnc(CN2CCCC2Cn2cncn2)cn1. The molecule has 0 N–H and O–H groups in total. The van der Waals surface area contributed by atoms with E-state index in [0.717, 1.165) is 31.0 Å². The van der Waals surface area contributed by atoms with Crippen LogP contribution in [0.15, 0.2) is 25.0 Å². The molecule has 100 valence electrons. The van der Waals surface area contributed by atoms with E-state index in [1.165, 1.54) is 12.8 Å². The molecule has 1 aliphatic rings. The minimum absolute atomic E-state index is 0.518. The molecule has 0 saturated carbocycles. The van der Waals surface area contributed by atoms with Crippen molar-refractivity contribution < 1.29 is 0 Å². The Kier molecular flexibility index (Phi) is 3.50. The summed E-state index contributed by atoms with van der Waals surface area (Å²) in [6, 6.07) is 0.518. The largest absolute Gasteiger partial charge is 0.293 e. The van der Waals surface area contributed by atoms with Crippen LogP contribution in [0.4, 0.5) is 0 Å². The summed E-state index contributed by atoms with van der Waals surface area (Å²) < 4.78 is 1.91. The van der Waals surface area contributed by atoms with Gasteiger partial charge >= 0.3 is 0 Å². The van der Waals surface area contributed by atoms with Crippen LogP contribution in [0.2, 0.25) is 0 Å². The Morgan fingerprint density at radius 2 is 2.26 bits per heavy atom. The van der Waals surface area contributed by atoms with Crippen LogP contribution in [0.3, 0.4) is 0 Å². The Bertz CT molecular complexity index is 506. The first-order valence-corrected chi connectivity index (χ1v) is 6.65. The van der Waals surface area contributed by atoms with Gasteiger partial charge in [0.1, 0.15) is 12.7 Å². The maximum atomic E-state index is 4.43.